The van der Waals surface area contributed by atoms with Crippen molar-refractivity contribution in [1.29, 1.82) is 0 Å². The third-order valence-electron chi connectivity index (χ3n) is 9.11. The minimum absolute atomic E-state index is 0.125. The monoisotopic (exact) mass is 800 g/mol. The van der Waals surface area contributed by atoms with Crippen LogP contribution in [0.3, 0.4) is 0 Å². The van der Waals surface area contributed by atoms with E-state index in [1.54, 1.807) is 11.1 Å². The van der Waals surface area contributed by atoms with Gasteiger partial charge < -0.3 is 9.80 Å². The number of alkyl halides is 4. The molecule has 1 aliphatic heterocycles. The lowest BCUT2D eigenvalue weighted by molar-refractivity contribution is -0.144. The predicted molar refractivity (Wildman–Crippen MR) is 200 cm³/mol. The number of aromatic nitrogens is 2. The van der Waals surface area contributed by atoms with Gasteiger partial charge in [-0.3, -0.25) is 19.6 Å². The summed E-state index contributed by atoms with van der Waals surface area (Å²) in [5.41, 5.74) is 4.01. The number of likely N-dealkylation sites (tertiary alicyclic amines) is 1. The third kappa shape index (κ3) is 9.10. The summed E-state index contributed by atoms with van der Waals surface area (Å²) in [7, 11) is 0. The molecule has 6 rings (SSSR count). The van der Waals surface area contributed by atoms with E-state index in [-0.39, 0.29) is 12.5 Å². The summed E-state index contributed by atoms with van der Waals surface area (Å²) in [4.78, 5) is 40.4. The van der Waals surface area contributed by atoms with Gasteiger partial charge in [0.15, 0.2) is 0 Å². The van der Waals surface area contributed by atoms with Crippen molar-refractivity contribution in [2.75, 3.05) is 13.1 Å². The van der Waals surface area contributed by atoms with E-state index in [1.165, 1.54) is 23.8 Å². The van der Waals surface area contributed by atoms with Crippen LogP contribution in [0.2, 0.25) is 0 Å². The van der Waals surface area contributed by atoms with E-state index < -0.39 is 27.7 Å². The third-order valence-corrected chi connectivity index (χ3v) is 10.5. The van der Waals surface area contributed by atoms with Crippen molar-refractivity contribution in [2.45, 2.75) is 41.4 Å². The van der Waals surface area contributed by atoms with Crippen LogP contribution < -0.4 is 0 Å². The largest absolute Gasteiger partial charge is 0.433 e. The molecule has 2 aromatic heterocycles. The summed E-state index contributed by atoms with van der Waals surface area (Å²) in [5.74, 6) is -0.250. The number of halogens is 4. The van der Waals surface area contributed by atoms with Crippen molar-refractivity contribution >= 4 is 40.5 Å². The number of carbonyl (C=O) groups is 2. The van der Waals surface area contributed by atoms with E-state index in [1.807, 2.05) is 95.9 Å². The van der Waals surface area contributed by atoms with E-state index in [2.05, 4.69) is 44.7 Å². The molecule has 0 spiro atoms. The molecule has 0 aliphatic carbocycles. The van der Waals surface area contributed by atoms with E-state index in [9.17, 15) is 22.8 Å². The van der Waals surface area contributed by atoms with Gasteiger partial charge in [-0.15, -0.1) is 0 Å². The Kier molecular flexibility index (Phi) is 11.6. The Morgan fingerprint density at radius 3 is 2.12 bits per heavy atom. The van der Waals surface area contributed by atoms with E-state index in [4.69, 9.17) is 0 Å². The van der Waals surface area contributed by atoms with Gasteiger partial charge in [-0.2, -0.15) is 13.2 Å². The molecule has 0 bridgehead atoms. The SMILES string of the molecule is O=C(C(C(I)c1ccccc1)N(Cc1ccc(-c2ccccn2)cc1)C(=O)C=Cc1ccc(C(F)(F)F)nc1)N1CCC(c2ccccc2)CC1. The van der Waals surface area contributed by atoms with Crippen molar-refractivity contribution in [3.8, 4) is 11.3 Å². The van der Waals surface area contributed by atoms with Gasteiger partial charge in [-0.1, -0.05) is 120 Å². The second kappa shape index (κ2) is 16.5. The van der Waals surface area contributed by atoms with Crippen molar-refractivity contribution < 1.29 is 22.8 Å². The van der Waals surface area contributed by atoms with Crippen molar-refractivity contribution in [1.82, 2.24) is 19.8 Å². The number of hydrogen-bond acceptors (Lipinski definition) is 4. The molecule has 1 fully saturated rings. The van der Waals surface area contributed by atoms with Crippen LogP contribution in [0.5, 0.6) is 0 Å². The van der Waals surface area contributed by atoms with Crippen molar-refractivity contribution in [3.63, 3.8) is 0 Å². The Bertz CT molecular complexity index is 1920. The van der Waals surface area contributed by atoms with Gasteiger partial charge in [-0.05, 0) is 65.3 Å². The van der Waals surface area contributed by atoms with Gasteiger partial charge in [0.05, 0.1) is 9.62 Å². The molecule has 0 N–H and O–H groups in total. The molecule has 3 aromatic carbocycles. The van der Waals surface area contributed by atoms with Gasteiger partial charge in [-0.25, -0.2) is 0 Å². The first-order valence-electron chi connectivity index (χ1n) is 16.7. The first kappa shape index (κ1) is 36.0. The minimum atomic E-state index is -4.57. The number of hydrogen-bond donors (Lipinski definition) is 0. The quantitative estimate of drug-likeness (QED) is 0.0804. The number of pyridine rings is 2. The van der Waals surface area contributed by atoms with Gasteiger partial charge in [0.25, 0.3) is 0 Å². The highest BCUT2D eigenvalue weighted by molar-refractivity contribution is 14.1. The molecule has 5 aromatic rings. The van der Waals surface area contributed by atoms with E-state index >= 15 is 0 Å². The Hall–Kier alpha value is -4.84. The van der Waals surface area contributed by atoms with Crippen LogP contribution in [0.25, 0.3) is 17.3 Å². The van der Waals surface area contributed by atoms with Crippen LogP contribution in [0, 0.1) is 0 Å². The zero-order chi connectivity index (χ0) is 35.8. The lowest BCUT2D eigenvalue weighted by Crippen LogP contribution is -2.53. The lowest BCUT2D eigenvalue weighted by atomic mass is 9.89. The number of carbonyl (C=O) groups excluding carboxylic acids is 2. The van der Waals surface area contributed by atoms with E-state index in [0.29, 0.717) is 24.6 Å². The molecule has 1 saturated heterocycles. The fraction of sp³-hybridized carbons (Fsp3) is 0.220. The summed E-state index contributed by atoms with van der Waals surface area (Å²) in [6.45, 7) is 1.24. The van der Waals surface area contributed by atoms with Crippen LogP contribution in [-0.4, -0.2) is 50.7 Å². The second-order valence-electron chi connectivity index (χ2n) is 12.5. The molecule has 0 radical (unpaired) electrons. The molecule has 2 unspecified atom stereocenters. The molecule has 260 valence electrons. The summed E-state index contributed by atoms with van der Waals surface area (Å²) in [5, 5.41) is 0. The highest BCUT2D eigenvalue weighted by Crippen LogP contribution is 2.35. The van der Waals surface area contributed by atoms with Gasteiger partial charge in [0, 0.05) is 43.7 Å². The molecule has 1 aliphatic rings. The van der Waals surface area contributed by atoms with Gasteiger partial charge in [0.1, 0.15) is 11.7 Å². The maximum atomic E-state index is 14.7. The predicted octanol–water partition coefficient (Wildman–Crippen LogP) is 9.16. The Labute approximate surface area is 309 Å². The number of amides is 2. The van der Waals surface area contributed by atoms with Crippen LogP contribution in [0.4, 0.5) is 13.2 Å². The summed E-state index contributed by atoms with van der Waals surface area (Å²) >= 11 is 2.26. The maximum absolute atomic E-state index is 14.7. The average molecular weight is 801 g/mol. The molecular weight excluding hydrogens is 764 g/mol. The van der Waals surface area contributed by atoms with Gasteiger partial charge in [0.2, 0.25) is 11.8 Å². The second-order valence-corrected chi connectivity index (χ2v) is 13.8. The standard InChI is InChI=1S/C41H36F3IN4O2/c42-41(43,44)36-20-16-29(27-47-36)17-21-37(50)49(28-30-14-18-33(19-15-30)35-13-7-8-24-46-35)39(38(45)34-11-5-2-6-12-34)40(51)48-25-22-32(23-26-48)31-9-3-1-4-10-31/h1-21,24,27,32,38-39H,22-23,25-26,28H2. The van der Waals surface area contributed by atoms with Crippen molar-refractivity contribution in [3.05, 3.63) is 162 Å². The highest BCUT2D eigenvalue weighted by Gasteiger charge is 2.39. The van der Waals surface area contributed by atoms with Crippen LogP contribution in [0.15, 0.2) is 134 Å². The lowest BCUT2D eigenvalue weighted by Gasteiger charge is -2.39. The van der Waals surface area contributed by atoms with Crippen LogP contribution in [-0.2, 0) is 22.3 Å². The summed E-state index contributed by atoms with van der Waals surface area (Å²) < 4.78 is 39.0. The zero-order valence-corrected chi connectivity index (χ0v) is 29.8. The number of benzene rings is 3. The number of piperidine rings is 1. The maximum Gasteiger partial charge on any atom is 0.433 e. The molecule has 2 amide bonds. The Morgan fingerprint density at radius 2 is 1.51 bits per heavy atom. The average Bonchev–Trinajstić information content (AvgIpc) is 3.17. The molecule has 6 nitrogen and oxygen atoms in total. The van der Waals surface area contributed by atoms with Crippen LogP contribution in [0.1, 0.15) is 50.6 Å². The van der Waals surface area contributed by atoms with Crippen LogP contribution >= 0.6 is 22.6 Å². The Morgan fingerprint density at radius 1 is 0.843 bits per heavy atom. The first-order chi connectivity index (χ1) is 24.7. The minimum Gasteiger partial charge on any atom is -0.341 e. The van der Waals surface area contributed by atoms with Gasteiger partial charge >= 0.3 is 6.18 Å². The smallest absolute Gasteiger partial charge is 0.341 e. The topological polar surface area (TPSA) is 66.4 Å². The number of nitrogens with zero attached hydrogens (tertiary/aromatic N) is 4. The highest BCUT2D eigenvalue weighted by atomic mass is 127. The molecule has 2 atom stereocenters. The molecular formula is C41H36F3IN4O2. The fourth-order valence-electron chi connectivity index (χ4n) is 6.34. The normalized spacial score (nSPS) is 15.0. The van der Waals surface area contributed by atoms with E-state index in [0.717, 1.165) is 47.5 Å². The molecule has 3 heterocycles. The summed E-state index contributed by atoms with van der Waals surface area (Å²) in [6, 6.07) is 34.6. The first-order valence-corrected chi connectivity index (χ1v) is 18.0. The summed E-state index contributed by atoms with van der Waals surface area (Å²) in [6.07, 6.45) is 2.60. The molecule has 10 heteroatoms. The Balaban J connectivity index is 1.33. The molecule has 0 saturated carbocycles. The molecule has 51 heavy (non-hydrogen) atoms. The zero-order valence-electron chi connectivity index (χ0n) is 27.7. The fourth-order valence-corrected chi connectivity index (χ4v) is 7.45. The van der Waals surface area contributed by atoms with Crippen molar-refractivity contribution in [2.24, 2.45) is 0 Å². The number of rotatable bonds is 10.